The van der Waals surface area contributed by atoms with Crippen LogP contribution in [0.5, 0.6) is 0 Å². The molecule has 1 N–H and O–H groups in total. The second-order valence-corrected chi connectivity index (χ2v) is 4.60. The summed E-state index contributed by atoms with van der Waals surface area (Å²) in [5.41, 5.74) is -0.164. The molecule has 0 aliphatic carbocycles. The van der Waals surface area contributed by atoms with Crippen LogP contribution in [0.1, 0.15) is 31.3 Å². The normalized spacial score (nSPS) is 12.5. The van der Waals surface area contributed by atoms with Gasteiger partial charge in [0.25, 0.3) is 0 Å². The number of amides is 1. The molecule has 0 aromatic carbocycles. The predicted octanol–water partition coefficient (Wildman–Crippen LogP) is 0.479. The van der Waals surface area contributed by atoms with Gasteiger partial charge in [-0.25, -0.2) is 9.48 Å². The van der Waals surface area contributed by atoms with E-state index in [1.165, 1.54) is 10.9 Å². The van der Waals surface area contributed by atoms with Gasteiger partial charge in [-0.2, -0.15) is 0 Å². The molecule has 1 atom stereocenters. The number of nitrogens with zero attached hydrogens (tertiary/aromatic N) is 4. The number of carbonyl (C=O) groups excluding carboxylic acids is 1. The molecule has 0 aliphatic heterocycles. The van der Waals surface area contributed by atoms with Crippen molar-refractivity contribution in [3.8, 4) is 0 Å². The third kappa shape index (κ3) is 3.28. The zero-order valence-corrected chi connectivity index (χ0v) is 11.0. The monoisotopic (exact) mass is 254 g/mol. The van der Waals surface area contributed by atoms with Crippen LogP contribution in [0.2, 0.25) is 0 Å². The fourth-order valence-corrected chi connectivity index (χ4v) is 1.40. The van der Waals surface area contributed by atoms with Crippen LogP contribution < -0.4 is 0 Å². The molecule has 1 unspecified atom stereocenters. The van der Waals surface area contributed by atoms with E-state index in [0.29, 0.717) is 5.92 Å². The molecule has 1 aromatic rings. The second kappa shape index (κ2) is 5.61. The number of carboxylic acid groups (broad SMARTS) is 1. The highest BCUT2D eigenvalue weighted by Crippen LogP contribution is 2.08. The van der Waals surface area contributed by atoms with E-state index in [2.05, 4.69) is 10.3 Å². The fourth-order valence-electron chi connectivity index (χ4n) is 1.40. The molecule has 7 nitrogen and oxygen atoms in total. The van der Waals surface area contributed by atoms with Gasteiger partial charge in [-0.15, -0.1) is 5.10 Å². The molecule has 0 spiro atoms. The minimum atomic E-state index is -1.15. The van der Waals surface area contributed by atoms with E-state index in [4.69, 9.17) is 5.11 Å². The Kier molecular flexibility index (Phi) is 4.41. The van der Waals surface area contributed by atoms with E-state index in [1.807, 2.05) is 20.8 Å². The lowest BCUT2D eigenvalue weighted by molar-refractivity contribution is -0.133. The van der Waals surface area contributed by atoms with Gasteiger partial charge in [0.05, 0.1) is 6.20 Å². The van der Waals surface area contributed by atoms with Crippen molar-refractivity contribution in [3.05, 3.63) is 11.9 Å². The van der Waals surface area contributed by atoms with Gasteiger partial charge in [0.1, 0.15) is 6.54 Å². The molecule has 0 bridgehead atoms. The zero-order valence-electron chi connectivity index (χ0n) is 11.0. The van der Waals surface area contributed by atoms with Crippen molar-refractivity contribution >= 4 is 11.9 Å². The van der Waals surface area contributed by atoms with E-state index >= 15 is 0 Å². The quantitative estimate of drug-likeness (QED) is 0.825. The number of aromatic nitrogens is 3. The van der Waals surface area contributed by atoms with Crippen molar-refractivity contribution < 1.29 is 14.7 Å². The molecule has 1 heterocycles. The Morgan fingerprint density at radius 2 is 2.06 bits per heavy atom. The molecule has 1 amide bonds. The first kappa shape index (κ1) is 14.1. The van der Waals surface area contributed by atoms with E-state index in [0.717, 1.165) is 0 Å². The van der Waals surface area contributed by atoms with Gasteiger partial charge in [0.15, 0.2) is 5.69 Å². The van der Waals surface area contributed by atoms with Gasteiger partial charge >= 0.3 is 5.97 Å². The molecular formula is C11H18N4O3. The molecule has 7 heteroatoms. The standard InChI is InChI=1S/C11H18N4O3/c1-7(2)8(3)14(4)10(16)6-15-5-9(11(17)18)12-13-15/h5,7-8H,6H2,1-4H3,(H,17,18). The molecule has 0 radical (unpaired) electrons. The number of likely N-dealkylation sites (N-methyl/N-ethyl adjacent to an activating group) is 1. The van der Waals surface area contributed by atoms with Crippen LogP contribution in [0, 0.1) is 5.92 Å². The summed E-state index contributed by atoms with van der Waals surface area (Å²) in [5, 5.41) is 15.7. The van der Waals surface area contributed by atoms with Crippen LogP contribution in [0.15, 0.2) is 6.20 Å². The Balaban J connectivity index is 2.66. The van der Waals surface area contributed by atoms with Crippen molar-refractivity contribution in [1.29, 1.82) is 0 Å². The highest BCUT2D eigenvalue weighted by Gasteiger charge is 2.19. The molecule has 0 aliphatic rings. The number of rotatable bonds is 5. The van der Waals surface area contributed by atoms with Gasteiger partial charge in [0.2, 0.25) is 5.91 Å². The van der Waals surface area contributed by atoms with E-state index < -0.39 is 5.97 Å². The van der Waals surface area contributed by atoms with Gasteiger partial charge in [0, 0.05) is 13.1 Å². The third-order valence-corrected chi connectivity index (χ3v) is 3.02. The SMILES string of the molecule is CC(C)C(C)N(C)C(=O)Cn1cc(C(=O)O)nn1. The van der Waals surface area contributed by atoms with Gasteiger partial charge in [-0.05, 0) is 12.8 Å². The average Bonchev–Trinajstić information content (AvgIpc) is 2.75. The molecule has 0 saturated heterocycles. The lowest BCUT2D eigenvalue weighted by atomic mass is 10.1. The number of aromatic carboxylic acids is 1. The Hall–Kier alpha value is -1.92. The molecule has 0 saturated carbocycles. The van der Waals surface area contributed by atoms with Crippen LogP contribution in [0.3, 0.4) is 0 Å². The molecule has 18 heavy (non-hydrogen) atoms. The first-order chi connectivity index (χ1) is 8.32. The number of carbonyl (C=O) groups is 2. The van der Waals surface area contributed by atoms with Crippen molar-refractivity contribution in [2.75, 3.05) is 7.05 Å². The highest BCUT2D eigenvalue weighted by molar-refractivity contribution is 5.84. The lowest BCUT2D eigenvalue weighted by Gasteiger charge is -2.27. The summed E-state index contributed by atoms with van der Waals surface area (Å²) in [6.45, 7) is 6.03. The van der Waals surface area contributed by atoms with E-state index in [-0.39, 0.29) is 24.2 Å². The zero-order chi connectivity index (χ0) is 13.9. The van der Waals surface area contributed by atoms with Crippen LogP contribution in [-0.2, 0) is 11.3 Å². The summed E-state index contributed by atoms with van der Waals surface area (Å²) in [6.07, 6.45) is 1.24. The largest absolute Gasteiger partial charge is 0.476 e. The number of hydrogen-bond donors (Lipinski definition) is 1. The van der Waals surface area contributed by atoms with Crippen LogP contribution in [-0.4, -0.2) is 50.0 Å². The Morgan fingerprint density at radius 3 is 2.50 bits per heavy atom. The topological polar surface area (TPSA) is 88.3 Å². The maximum Gasteiger partial charge on any atom is 0.358 e. The van der Waals surface area contributed by atoms with Gasteiger partial charge in [-0.3, -0.25) is 4.79 Å². The minimum Gasteiger partial charge on any atom is -0.476 e. The van der Waals surface area contributed by atoms with Crippen LogP contribution >= 0.6 is 0 Å². The fraction of sp³-hybridized carbons (Fsp3) is 0.636. The maximum absolute atomic E-state index is 11.9. The Bertz CT molecular complexity index is 441. The smallest absolute Gasteiger partial charge is 0.358 e. The minimum absolute atomic E-state index is 0.00611. The third-order valence-electron chi connectivity index (χ3n) is 3.02. The maximum atomic E-state index is 11.9. The predicted molar refractivity (Wildman–Crippen MR) is 64.1 cm³/mol. The Labute approximate surface area is 105 Å². The van der Waals surface area contributed by atoms with Crippen molar-refractivity contribution in [2.45, 2.75) is 33.4 Å². The van der Waals surface area contributed by atoms with E-state index in [9.17, 15) is 9.59 Å². The van der Waals surface area contributed by atoms with Crippen molar-refractivity contribution in [2.24, 2.45) is 5.92 Å². The van der Waals surface area contributed by atoms with Gasteiger partial charge < -0.3 is 10.0 Å². The molecule has 100 valence electrons. The first-order valence-corrected chi connectivity index (χ1v) is 5.72. The summed E-state index contributed by atoms with van der Waals surface area (Å²) >= 11 is 0. The van der Waals surface area contributed by atoms with Crippen LogP contribution in [0.25, 0.3) is 0 Å². The number of carboxylic acids is 1. The summed E-state index contributed by atoms with van der Waals surface area (Å²) in [6, 6.07) is 0.111. The molecule has 0 fully saturated rings. The summed E-state index contributed by atoms with van der Waals surface area (Å²) in [7, 11) is 1.72. The van der Waals surface area contributed by atoms with Crippen LogP contribution in [0.4, 0.5) is 0 Å². The summed E-state index contributed by atoms with van der Waals surface area (Å²) < 4.78 is 1.23. The van der Waals surface area contributed by atoms with Crippen molar-refractivity contribution in [1.82, 2.24) is 19.9 Å². The van der Waals surface area contributed by atoms with Gasteiger partial charge in [-0.1, -0.05) is 19.1 Å². The molecule has 1 rings (SSSR count). The first-order valence-electron chi connectivity index (χ1n) is 5.72. The lowest BCUT2D eigenvalue weighted by Crippen LogP contribution is -2.40. The Morgan fingerprint density at radius 1 is 1.44 bits per heavy atom. The van der Waals surface area contributed by atoms with E-state index in [1.54, 1.807) is 11.9 Å². The summed E-state index contributed by atoms with van der Waals surface area (Å²) in [4.78, 5) is 24.2. The molecule has 1 aromatic heterocycles. The summed E-state index contributed by atoms with van der Waals surface area (Å²) in [5.74, 6) is -0.931. The molecular weight excluding hydrogens is 236 g/mol. The average molecular weight is 254 g/mol. The number of hydrogen-bond acceptors (Lipinski definition) is 4. The highest BCUT2D eigenvalue weighted by atomic mass is 16.4. The van der Waals surface area contributed by atoms with Crippen molar-refractivity contribution in [3.63, 3.8) is 0 Å². The second-order valence-electron chi connectivity index (χ2n) is 4.60.